The fraction of sp³-hybridized carbons (Fsp3) is 0.333. The molecular weight excluding hydrogens is 349 g/mol. The van der Waals surface area contributed by atoms with Gasteiger partial charge in [-0.15, -0.1) is 0 Å². The summed E-state index contributed by atoms with van der Waals surface area (Å²) in [6.45, 7) is 1.19. The number of carbonyl (C=O) groups is 2. The molecule has 2 aromatic carbocycles. The van der Waals surface area contributed by atoms with E-state index in [4.69, 9.17) is 4.74 Å². The lowest BCUT2D eigenvalue weighted by molar-refractivity contribution is 0.0690. The number of amides is 1. The molecule has 1 N–H and O–H groups in total. The molecule has 0 radical (unpaired) electrons. The van der Waals surface area contributed by atoms with Crippen molar-refractivity contribution in [1.82, 2.24) is 4.90 Å². The van der Waals surface area contributed by atoms with Crippen molar-refractivity contribution in [3.8, 4) is 5.75 Å². The Labute approximate surface area is 157 Å². The zero-order valence-electron chi connectivity index (χ0n) is 15.2. The minimum absolute atomic E-state index is 0.0565. The highest BCUT2D eigenvalue weighted by molar-refractivity contribution is 5.94. The summed E-state index contributed by atoms with van der Waals surface area (Å²) in [6, 6.07) is 11.2. The number of carboxylic acids is 1. The van der Waals surface area contributed by atoms with Crippen LogP contribution in [0.1, 0.15) is 39.1 Å². The molecular formula is C21H22FNO4. The van der Waals surface area contributed by atoms with Gasteiger partial charge in [0.25, 0.3) is 5.91 Å². The SMILES string of the molecule is COc1cc(C(=O)N2CCC(Cc3ccccc3C(=O)O)CC2)ccc1F. The van der Waals surface area contributed by atoms with Crippen LogP contribution < -0.4 is 4.74 Å². The number of halogens is 1. The largest absolute Gasteiger partial charge is 0.494 e. The topological polar surface area (TPSA) is 66.8 Å². The Balaban J connectivity index is 1.62. The van der Waals surface area contributed by atoms with E-state index in [0.29, 0.717) is 36.6 Å². The van der Waals surface area contributed by atoms with E-state index in [0.717, 1.165) is 18.4 Å². The number of carboxylic acid groups (broad SMARTS) is 1. The summed E-state index contributed by atoms with van der Waals surface area (Å²) in [5.41, 5.74) is 1.58. The number of piperidine rings is 1. The first kappa shape index (κ1) is 18.9. The molecule has 0 spiro atoms. The van der Waals surface area contributed by atoms with Gasteiger partial charge in [-0.3, -0.25) is 4.79 Å². The van der Waals surface area contributed by atoms with Crippen molar-refractivity contribution in [2.45, 2.75) is 19.3 Å². The van der Waals surface area contributed by atoms with Crippen LogP contribution in [-0.4, -0.2) is 42.1 Å². The fourth-order valence-corrected chi connectivity index (χ4v) is 3.53. The summed E-state index contributed by atoms with van der Waals surface area (Å²) in [5, 5.41) is 9.31. The Morgan fingerprint density at radius 3 is 2.56 bits per heavy atom. The van der Waals surface area contributed by atoms with Crippen LogP contribution >= 0.6 is 0 Å². The zero-order chi connectivity index (χ0) is 19.4. The first-order chi connectivity index (χ1) is 13.0. The third-order valence-corrected chi connectivity index (χ3v) is 5.06. The van der Waals surface area contributed by atoms with Gasteiger partial charge in [-0.2, -0.15) is 0 Å². The number of rotatable bonds is 5. The Kier molecular flexibility index (Phi) is 5.74. The number of likely N-dealkylation sites (tertiary alicyclic amines) is 1. The van der Waals surface area contributed by atoms with Crippen LogP contribution in [0.5, 0.6) is 5.75 Å². The molecule has 1 aliphatic heterocycles. The first-order valence-corrected chi connectivity index (χ1v) is 8.93. The average Bonchev–Trinajstić information content (AvgIpc) is 2.68. The molecule has 1 aliphatic rings. The van der Waals surface area contributed by atoms with E-state index >= 15 is 0 Å². The number of methoxy groups -OCH3 is 1. The highest BCUT2D eigenvalue weighted by Crippen LogP contribution is 2.25. The Hall–Kier alpha value is -2.89. The first-order valence-electron chi connectivity index (χ1n) is 8.93. The van der Waals surface area contributed by atoms with E-state index < -0.39 is 11.8 Å². The van der Waals surface area contributed by atoms with Crippen LogP contribution in [0.15, 0.2) is 42.5 Å². The van der Waals surface area contributed by atoms with Crippen LogP contribution in [0, 0.1) is 11.7 Å². The smallest absolute Gasteiger partial charge is 0.335 e. The molecule has 0 aliphatic carbocycles. The normalized spacial score (nSPS) is 14.8. The Bertz CT molecular complexity index is 844. The summed E-state index contributed by atoms with van der Waals surface area (Å²) >= 11 is 0. The van der Waals surface area contributed by atoms with Crippen molar-refractivity contribution in [3.05, 3.63) is 65.0 Å². The van der Waals surface area contributed by atoms with Gasteiger partial charge < -0.3 is 14.7 Å². The molecule has 27 heavy (non-hydrogen) atoms. The van der Waals surface area contributed by atoms with E-state index in [-0.39, 0.29) is 11.7 Å². The maximum Gasteiger partial charge on any atom is 0.335 e. The quantitative estimate of drug-likeness (QED) is 0.872. The number of ether oxygens (including phenoxy) is 1. The highest BCUT2D eigenvalue weighted by atomic mass is 19.1. The number of benzene rings is 2. The minimum Gasteiger partial charge on any atom is -0.494 e. The molecule has 142 valence electrons. The lowest BCUT2D eigenvalue weighted by Gasteiger charge is -2.32. The van der Waals surface area contributed by atoms with E-state index in [1.807, 2.05) is 12.1 Å². The number of nitrogens with zero attached hydrogens (tertiary/aromatic N) is 1. The lowest BCUT2D eigenvalue weighted by atomic mass is 9.88. The Morgan fingerprint density at radius 1 is 1.19 bits per heavy atom. The van der Waals surface area contributed by atoms with Crippen LogP contribution in [-0.2, 0) is 6.42 Å². The van der Waals surface area contributed by atoms with Crippen molar-refractivity contribution in [2.75, 3.05) is 20.2 Å². The second-order valence-corrected chi connectivity index (χ2v) is 6.75. The Morgan fingerprint density at radius 2 is 1.89 bits per heavy atom. The van der Waals surface area contributed by atoms with Crippen molar-refractivity contribution in [1.29, 1.82) is 0 Å². The average molecular weight is 371 g/mol. The third kappa shape index (κ3) is 4.27. The van der Waals surface area contributed by atoms with Crippen molar-refractivity contribution in [2.24, 2.45) is 5.92 Å². The van der Waals surface area contributed by atoms with Gasteiger partial charge >= 0.3 is 5.97 Å². The van der Waals surface area contributed by atoms with E-state index in [2.05, 4.69) is 0 Å². The van der Waals surface area contributed by atoms with Crippen LogP contribution in [0.4, 0.5) is 4.39 Å². The summed E-state index contributed by atoms with van der Waals surface area (Å²) in [5.74, 6) is -1.16. The number of hydrogen-bond acceptors (Lipinski definition) is 3. The predicted molar refractivity (Wildman–Crippen MR) is 98.7 cm³/mol. The summed E-state index contributed by atoms with van der Waals surface area (Å²) < 4.78 is 18.5. The molecule has 3 rings (SSSR count). The molecule has 5 nitrogen and oxygen atoms in total. The molecule has 2 aromatic rings. The van der Waals surface area contributed by atoms with Gasteiger partial charge in [0.1, 0.15) is 0 Å². The molecule has 1 amide bonds. The van der Waals surface area contributed by atoms with Crippen molar-refractivity contribution >= 4 is 11.9 Å². The molecule has 0 unspecified atom stereocenters. The van der Waals surface area contributed by atoms with Gasteiger partial charge in [0.05, 0.1) is 12.7 Å². The maximum atomic E-state index is 13.5. The van der Waals surface area contributed by atoms with E-state index in [1.165, 1.54) is 25.3 Å². The van der Waals surface area contributed by atoms with Gasteiger partial charge in [-0.25, -0.2) is 9.18 Å². The number of carbonyl (C=O) groups excluding carboxylic acids is 1. The van der Waals surface area contributed by atoms with Crippen LogP contribution in [0.25, 0.3) is 0 Å². The number of aromatic carboxylic acids is 1. The summed E-state index contributed by atoms with van der Waals surface area (Å²) in [7, 11) is 1.37. The molecule has 1 saturated heterocycles. The van der Waals surface area contributed by atoms with Gasteiger partial charge in [0.2, 0.25) is 0 Å². The van der Waals surface area contributed by atoms with Crippen molar-refractivity contribution < 1.29 is 23.8 Å². The van der Waals surface area contributed by atoms with Gasteiger partial charge in [-0.05, 0) is 55.0 Å². The van der Waals surface area contributed by atoms with Crippen LogP contribution in [0.2, 0.25) is 0 Å². The van der Waals surface area contributed by atoms with Gasteiger partial charge in [-0.1, -0.05) is 18.2 Å². The second-order valence-electron chi connectivity index (χ2n) is 6.75. The predicted octanol–water partition coefficient (Wildman–Crippen LogP) is 3.63. The van der Waals surface area contributed by atoms with E-state index in [1.54, 1.807) is 17.0 Å². The molecule has 0 aromatic heterocycles. The summed E-state index contributed by atoms with van der Waals surface area (Å²) in [6.07, 6.45) is 2.30. The highest BCUT2D eigenvalue weighted by Gasteiger charge is 2.25. The monoisotopic (exact) mass is 371 g/mol. The summed E-state index contributed by atoms with van der Waals surface area (Å²) in [4.78, 5) is 25.8. The number of hydrogen-bond donors (Lipinski definition) is 1. The standard InChI is InChI=1S/C21H22FNO4/c1-27-19-13-16(6-7-18(19)22)20(24)23-10-8-14(9-11-23)12-15-4-2-3-5-17(15)21(25)26/h2-7,13-14H,8-12H2,1H3,(H,25,26). The second kappa shape index (κ2) is 8.20. The molecule has 1 fully saturated rings. The molecule has 0 saturated carbocycles. The third-order valence-electron chi connectivity index (χ3n) is 5.06. The van der Waals surface area contributed by atoms with Gasteiger partial charge in [0.15, 0.2) is 11.6 Å². The maximum absolute atomic E-state index is 13.5. The molecule has 0 atom stereocenters. The van der Waals surface area contributed by atoms with E-state index in [9.17, 15) is 19.1 Å². The lowest BCUT2D eigenvalue weighted by Crippen LogP contribution is -2.39. The minimum atomic E-state index is -0.913. The molecule has 6 heteroatoms. The van der Waals surface area contributed by atoms with Crippen LogP contribution in [0.3, 0.4) is 0 Å². The molecule has 1 heterocycles. The zero-order valence-corrected chi connectivity index (χ0v) is 15.2. The van der Waals surface area contributed by atoms with Crippen molar-refractivity contribution in [3.63, 3.8) is 0 Å². The van der Waals surface area contributed by atoms with Gasteiger partial charge in [0, 0.05) is 18.7 Å². The fourth-order valence-electron chi connectivity index (χ4n) is 3.53. The molecule has 0 bridgehead atoms.